The standard InChI is InChI=1S/C9H12N2O2.ClH/c1-5-6-3-2-4-7(9(12)13)8(6)11-10-5;/h7H,2-4H2,1H3,(H,10,11)(H,12,13);1H. The molecule has 1 aromatic rings. The largest absolute Gasteiger partial charge is 0.481 e. The molecule has 0 saturated heterocycles. The number of carboxylic acids is 1. The summed E-state index contributed by atoms with van der Waals surface area (Å²) in [7, 11) is 0. The number of hydrogen-bond donors (Lipinski definition) is 2. The van der Waals surface area contributed by atoms with Crippen LogP contribution in [0.4, 0.5) is 0 Å². The van der Waals surface area contributed by atoms with E-state index < -0.39 is 11.9 Å². The van der Waals surface area contributed by atoms with E-state index in [1.165, 1.54) is 0 Å². The summed E-state index contributed by atoms with van der Waals surface area (Å²) in [6.45, 7) is 1.94. The average Bonchev–Trinajstić information content (AvgIpc) is 2.48. The first-order valence-corrected chi connectivity index (χ1v) is 4.46. The lowest BCUT2D eigenvalue weighted by molar-refractivity contribution is -0.139. The van der Waals surface area contributed by atoms with E-state index in [0.29, 0.717) is 6.42 Å². The van der Waals surface area contributed by atoms with Gasteiger partial charge in [-0.2, -0.15) is 5.10 Å². The topological polar surface area (TPSA) is 66.0 Å². The zero-order valence-electron chi connectivity index (χ0n) is 7.91. The molecule has 0 amide bonds. The molecular weight excluding hydrogens is 204 g/mol. The Balaban J connectivity index is 0.000000980. The van der Waals surface area contributed by atoms with Crippen LogP contribution in [0.25, 0.3) is 0 Å². The van der Waals surface area contributed by atoms with Crippen molar-refractivity contribution in [2.24, 2.45) is 0 Å². The van der Waals surface area contributed by atoms with Crippen molar-refractivity contribution in [2.75, 3.05) is 0 Å². The molecule has 1 heterocycles. The van der Waals surface area contributed by atoms with Crippen molar-refractivity contribution in [3.63, 3.8) is 0 Å². The highest BCUT2D eigenvalue weighted by Crippen LogP contribution is 2.31. The Morgan fingerprint density at radius 1 is 1.64 bits per heavy atom. The fourth-order valence-corrected chi connectivity index (χ4v) is 1.94. The maximum atomic E-state index is 10.9. The van der Waals surface area contributed by atoms with Crippen LogP contribution < -0.4 is 0 Å². The van der Waals surface area contributed by atoms with E-state index in [1.54, 1.807) is 0 Å². The first-order chi connectivity index (χ1) is 6.20. The molecule has 4 nitrogen and oxygen atoms in total. The molecule has 0 radical (unpaired) electrons. The van der Waals surface area contributed by atoms with Crippen molar-refractivity contribution in [1.82, 2.24) is 10.2 Å². The molecule has 14 heavy (non-hydrogen) atoms. The van der Waals surface area contributed by atoms with E-state index in [1.807, 2.05) is 6.92 Å². The number of carbonyl (C=O) groups is 1. The molecule has 0 aromatic carbocycles. The van der Waals surface area contributed by atoms with E-state index in [2.05, 4.69) is 10.2 Å². The van der Waals surface area contributed by atoms with Gasteiger partial charge in [-0.3, -0.25) is 9.89 Å². The number of nitrogens with one attached hydrogen (secondary N) is 1. The van der Waals surface area contributed by atoms with Crippen molar-refractivity contribution >= 4 is 18.4 Å². The normalized spacial score (nSPS) is 19.6. The van der Waals surface area contributed by atoms with Crippen molar-refractivity contribution in [3.8, 4) is 0 Å². The second-order valence-electron chi connectivity index (χ2n) is 3.50. The Bertz CT molecular complexity index is 349. The van der Waals surface area contributed by atoms with E-state index in [0.717, 1.165) is 29.8 Å². The van der Waals surface area contributed by atoms with Gasteiger partial charge >= 0.3 is 5.97 Å². The fraction of sp³-hybridized carbons (Fsp3) is 0.556. The molecule has 1 atom stereocenters. The van der Waals surface area contributed by atoms with Gasteiger partial charge in [-0.15, -0.1) is 12.4 Å². The van der Waals surface area contributed by atoms with Crippen LogP contribution in [-0.4, -0.2) is 21.3 Å². The smallest absolute Gasteiger partial charge is 0.312 e. The lowest BCUT2D eigenvalue weighted by Gasteiger charge is -2.17. The van der Waals surface area contributed by atoms with Gasteiger partial charge in [0.1, 0.15) is 5.92 Å². The summed E-state index contributed by atoms with van der Waals surface area (Å²) in [5.41, 5.74) is 2.87. The number of carboxylic acid groups (broad SMARTS) is 1. The Kier molecular flexibility index (Phi) is 3.16. The van der Waals surface area contributed by atoms with E-state index in [4.69, 9.17) is 5.11 Å². The van der Waals surface area contributed by atoms with Gasteiger partial charge in [0.25, 0.3) is 0 Å². The minimum Gasteiger partial charge on any atom is -0.481 e. The summed E-state index contributed by atoms with van der Waals surface area (Å²) in [6.07, 6.45) is 2.62. The first-order valence-electron chi connectivity index (χ1n) is 4.46. The number of aliphatic carboxylic acids is 1. The van der Waals surface area contributed by atoms with Gasteiger partial charge in [0.05, 0.1) is 5.69 Å². The third kappa shape index (κ3) is 1.62. The molecule has 1 unspecified atom stereocenters. The number of fused-ring (bicyclic) bond motifs is 1. The third-order valence-corrected chi connectivity index (χ3v) is 2.65. The summed E-state index contributed by atoms with van der Waals surface area (Å²) < 4.78 is 0. The van der Waals surface area contributed by atoms with Crippen LogP contribution in [0.1, 0.15) is 35.7 Å². The molecule has 2 rings (SSSR count). The predicted molar refractivity (Wildman–Crippen MR) is 53.9 cm³/mol. The Labute approximate surface area is 88.1 Å². The summed E-state index contributed by atoms with van der Waals surface area (Å²) in [6, 6.07) is 0. The van der Waals surface area contributed by atoms with Crippen LogP contribution in [0.5, 0.6) is 0 Å². The Morgan fingerprint density at radius 2 is 2.36 bits per heavy atom. The highest BCUT2D eigenvalue weighted by atomic mass is 35.5. The van der Waals surface area contributed by atoms with Gasteiger partial charge in [0, 0.05) is 5.69 Å². The Morgan fingerprint density at radius 3 is 3.00 bits per heavy atom. The molecule has 0 fully saturated rings. The van der Waals surface area contributed by atoms with Gasteiger partial charge in [-0.05, 0) is 31.7 Å². The maximum absolute atomic E-state index is 10.9. The van der Waals surface area contributed by atoms with Crippen LogP contribution in [-0.2, 0) is 11.2 Å². The molecule has 0 aliphatic heterocycles. The third-order valence-electron chi connectivity index (χ3n) is 2.65. The first kappa shape index (κ1) is 11.0. The number of H-pyrrole nitrogens is 1. The monoisotopic (exact) mass is 216 g/mol. The lowest BCUT2D eigenvalue weighted by atomic mass is 9.87. The van der Waals surface area contributed by atoms with Crippen molar-refractivity contribution < 1.29 is 9.90 Å². The maximum Gasteiger partial charge on any atom is 0.312 e. The number of halogens is 1. The number of aryl methyl sites for hydroxylation is 1. The fourth-order valence-electron chi connectivity index (χ4n) is 1.94. The molecule has 0 bridgehead atoms. The zero-order chi connectivity index (χ0) is 9.42. The van der Waals surface area contributed by atoms with Crippen molar-refractivity contribution in [1.29, 1.82) is 0 Å². The SMILES string of the molecule is Cc1[nH]nc2c1CCCC2C(=O)O.Cl. The van der Waals surface area contributed by atoms with Gasteiger partial charge in [0.15, 0.2) is 0 Å². The van der Waals surface area contributed by atoms with Crippen LogP contribution in [0.2, 0.25) is 0 Å². The molecular formula is C9H13ClN2O2. The molecule has 1 aliphatic carbocycles. The highest BCUT2D eigenvalue weighted by molar-refractivity contribution is 5.85. The van der Waals surface area contributed by atoms with Crippen LogP contribution in [0.15, 0.2) is 0 Å². The lowest BCUT2D eigenvalue weighted by Crippen LogP contribution is -2.17. The summed E-state index contributed by atoms with van der Waals surface area (Å²) in [5.74, 6) is -1.15. The van der Waals surface area contributed by atoms with Crippen LogP contribution in [0.3, 0.4) is 0 Å². The summed E-state index contributed by atoms with van der Waals surface area (Å²) in [4.78, 5) is 10.9. The molecule has 1 aromatic heterocycles. The molecule has 5 heteroatoms. The van der Waals surface area contributed by atoms with Gasteiger partial charge < -0.3 is 5.11 Å². The van der Waals surface area contributed by atoms with Crippen molar-refractivity contribution in [2.45, 2.75) is 32.1 Å². The summed E-state index contributed by atoms with van der Waals surface area (Å²) in [5, 5.41) is 15.8. The van der Waals surface area contributed by atoms with E-state index in [-0.39, 0.29) is 12.4 Å². The highest BCUT2D eigenvalue weighted by Gasteiger charge is 2.29. The van der Waals surface area contributed by atoms with E-state index >= 15 is 0 Å². The minimum absolute atomic E-state index is 0. The average molecular weight is 217 g/mol. The molecule has 2 N–H and O–H groups in total. The second kappa shape index (κ2) is 4.00. The van der Waals surface area contributed by atoms with Gasteiger partial charge in [-0.25, -0.2) is 0 Å². The minimum atomic E-state index is -0.757. The number of nitrogens with zero attached hydrogens (tertiary/aromatic N) is 1. The quantitative estimate of drug-likeness (QED) is 0.750. The predicted octanol–water partition coefficient (Wildman–Crippen LogP) is 1.64. The van der Waals surface area contributed by atoms with E-state index in [9.17, 15) is 4.79 Å². The molecule has 0 saturated carbocycles. The van der Waals surface area contributed by atoms with Gasteiger partial charge in [0.2, 0.25) is 0 Å². The number of aromatic amines is 1. The van der Waals surface area contributed by atoms with Crippen molar-refractivity contribution in [3.05, 3.63) is 17.0 Å². The van der Waals surface area contributed by atoms with Crippen LogP contribution >= 0.6 is 12.4 Å². The zero-order valence-corrected chi connectivity index (χ0v) is 8.73. The summed E-state index contributed by atoms with van der Waals surface area (Å²) >= 11 is 0. The van der Waals surface area contributed by atoms with Crippen LogP contribution in [0, 0.1) is 6.92 Å². The molecule has 0 spiro atoms. The number of aromatic nitrogens is 2. The molecule has 78 valence electrons. The second-order valence-corrected chi connectivity index (χ2v) is 3.50. The van der Waals surface area contributed by atoms with Gasteiger partial charge in [-0.1, -0.05) is 0 Å². The number of rotatable bonds is 1. The molecule has 1 aliphatic rings. The Hall–Kier alpha value is -1.03. The number of hydrogen-bond acceptors (Lipinski definition) is 2.